The Morgan fingerprint density at radius 1 is 1.53 bits per heavy atom. The Morgan fingerprint density at radius 3 is 2.71 bits per heavy atom. The molecule has 6 heteroatoms. The van der Waals surface area contributed by atoms with Crippen LogP contribution in [0.2, 0.25) is 5.28 Å². The molecule has 1 aromatic heterocycles. The van der Waals surface area contributed by atoms with Gasteiger partial charge in [-0.2, -0.15) is 4.98 Å². The maximum absolute atomic E-state index is 12.0. The molecular formula is C11H16ClN3O2. The van der Waals surface area contributed by atoms with Crippen LogP contribution in [0, 0.1) is 0 Å². The smallest absolute Gasteiger partial charge is 0.258 e. The fourth-order valence-electron chi connectivity index (χ4n) is 1.16. The quantitative estimate of drug-likeness (QED) is 0.842. The van der Waals surface area contributed by atoms with Crippen molar-refractivity contribution in [3.8, 4) is 5.88 Å². The number of hydrogen-bond acceptors (Lipinski definition) is 4. The van der Waals surface area contributed by atoms with Gasteiger partial charge in [-0.25, -0.2) is 4.98 Å². The minimum atomic E-state index is -0.333. The molecule has 1 heterocycles. The summed E-state index contributed by atoms with van der Waals surface area (Å²) in [6, 6.07) is 0. The highest BCUT2D eigenvalue weighted by Gasteiger charge is 2.20. The van der Waals surface area contributed by atoms with Gasteiger partial charge in [0, 0.05) is 11.7 Å². The average molecular weight is 258 g/mol. The molecule has 0 saturated heterocycles. The Bertz CT molecular complexity index is 416. The molecule has 0 aliphatic heterocycles. The number of nitrogens with one attached hydrogen (secondary N) is 1. The van der Waals surface area contributed by atoms with Crippen molar-refractivity contribution < 1.29 is 9.53 Å². The Morgan fingerprint density at radius 2 is 2.18 bits per heavy atom. The van der Waals surface area contributed by atoms with Crippen LogP contribution in [0.3, 0.4) is 0 Å². The summed E-state index contributed by atoms with van der Waals surface area (Å²) in [5.74, 6) is -0.0770. The van der Waals surface area contributed by atoms with Crippen molar-refractivity contribution in [1.82, 2.24) is 15.3 Å². The normalized spacial score (nSPS) is 11.1. The van der Waals surface area contributed by atoms with Crippen molar-refractivity contribution in [2.24, 2.45) is 0 Å². The lowest BCUT2D eigenvalue weighted by Gasteiger charge is -2.20. The number of carbonyl (C=O) groups is 1. The van der Waals surface area contributed by atoms with Gasteiger partial charge in [-0.1, -0.05) is 0 Å². The van der Waals surface area contributed by atoms with E-state index in [-0.39, 0.29) is 28.2 Å². The number of carbonyl (C=O) groups excluding carboxylic acids is 1. The van der Waals surface area contributed by atoms with Gasteiger partial charge in [0.2, 0.25) is 11.2 Å². The number of halogens is 1. The Kier molecular flexibility index (Phi) is 4.28. The molecule has 0 aliphatic carbocycles. The van der Waals surface area contributed by atoms with Crippen molar-refractivity contribution in [2.45, 2.75) is 33.2 Å². The van der Waals surface area contributed by atoms with E-state index >= 15 is 0 Å². The molecule has 0 spiro atoms. The van der Waals surface area contributed by atoms with E-state index in [2.05, 4.69) is 15.3 Å². The Hall–Kier alpha value is -1.36. The number of ether oxygens (including phenoxy) is 1. The van der Waals surface area contributed by atoms with E-state index in [0.29, 0.717) is 6.61 Å². The van der Waals surface area contributed by atoms with Gasteiger partial charge in [0.05, 0.1) is 6.61 Å². The van der Waals surface area contributed by atoms with Crippen LogP contribution in [-0.2, 0) is 0 Å². The summed E-state index contributed by atoms with van der Waals surface area (Å²) in [7, 11) is 0. The third-order valence-electron chi connectivity index (χ3n) is 1.74. The van der Waals surface area contributed by atoms with Crippen LogP contribution in [0.4, 0.5) is 0 Å². The highest BCUT2D eigenvalue weighted by atomic mass is 35.5. The summed E-state index contributed by atoms with van der Waals surface area (Å²) < 4.78 is 5.26. The summed E-state index contributed by atoms with van der Waals surface area (Å²) in [5.41, 5.74) is -0.0496. The lowest BCUT2D eigenvalue weighted by molar-refractivity contribution is 0.0914. The zero-order chi connectivity index (χ0) is 13.1. The molecule has 0 aliphatic rings. The van der Waals surface area contributed by atoms with Crippen LogP contribution in [0.25, 0.3) is 0 Å². The molecule has 0 fully saturated rings. The molecule has 1 aromatic rings. The van der Waals surface area contributed by atoms with E-state index in [1.165, 1.54) is 6.20 Å². The first-order chi connectivity index (χ1) is 7.83. The van der Waals surface area contributed by atoms with Crippen molar-refractivity contribution in [1.29, 1.82) is 0 Å². The van der Waals surface area contributed by atoms with E-state index in [4.69, 9.17) is 16.3 Å². The van der Waals surface area contributed by atoms with Crippen molar-refractivity contribution in [3.05, 3.63) is 17.0 Å². The van der Waals surface area contributed by atoms with Gasteiger partial charge in [-0.15, -0.1) is 0 Å². The number of amides is 1. The van der Waals surface area contributed by atoms with Crippen molar-refractivity contribution >= 4 is 17.5 Å². The highest BCUT2D eigenvalue weighted by Crippen LogP contribution is 2.17. The van der Waals surface area contributed by atoms with Crippen LogP contribution in [0.1, 0.15) is 38.1 Å². The number of rotatable bonds is 3. The molecule has 1 N–H and O–H groups in total. The fourth-order valence-corrected chi connectivity index (χ4v) is 1.28. The predicted octanol–water partition coefficient (Wildman–Crippen LogP) is 2.06. The zero-order valence-electron chi connectivity index (χ0n) is 10.4. The molecule has 1 amide bonds. The molecule has 0 aromatic carbocycles. The number of hydrogen-bond donors (Lipinski definition) is 1. The van der Waals surface area contributed by atoms with Gasteiger partial charge >= 0.3 is 0 Å². The molecule has 0 saturated carbocycles. The van der Waals surface area contributed by atoms with Crippen LogP contribution in [-0.4, -0.2) is 28.0 Å². The predicted molar refractivity (Wildman–Crippen MR) is 65.4 cm³/mol. The first-order valence-corrected chi connectivity index (χ1v) is 5.69. The molecule has 0 unspecified atom stereocenters. The summed E-state index contributed by atoms with van der Waals surface area (Å²) in [4.78, 5) is 19.6. The van der Waals surface area contributed by atoms with Gasteiger partial charge < -0.3 is 10.1 Å². The third kappa shape index (κ3) is 4.19. The van der Waals surface area contributed by atoms with Crippen LogP contribution < -0.4 is 10.1 Å². The van der Waals surface area contributed by atoms with E-state index in [0.717, 1.165) is 0 Å². The molecule has 0 radical (unpaired) electrons. The van der Waals surface area contributed by atoms with Crippen molar-refractivity contribution in [3.63, 3.8) is 0 Å². The Labute approximate surface area is 106 Å². The first-order valence-electron chi connectivity index (χ1n) is 5.31. The summed E-state index contributed by atoms with van der Waals surface area (Å²) in [5, 5.41) is 2.87. The highest BCUT2D eigenvalue weighted by molar-refractivity contribution is 6.28. The van der Waals surface area contributed by atoms with Gasteiger partial charge in [0.15, 0.2) is 0 Å². The minimum absolute atomic E-state index is 0.0563. The van der Waals surface area contributed by atoms with Gasteiger partial charge in [-0.05, 0) is 39.3 Å². The molecule has 1 rings (SSSR count). The maximum Gasteiger partial charge on any atom is 0.258 e. The maximum atomic E-state index is 12.0. The van der Waals surface area contributed by atoms with E-state index in [1.807, 2.05) is 27.7 Å². The molecule has 0 atom stereocenters. The second-order valence-corrected chi connectivity index (χ2v) is 4.83. The second-order valence-electron chi connectivity index (χ2n) is 4.49. The second kappa shape index (κ2) is 5.31. The van der Waals surface area contributed by atoms with Gasteiger partial charge in [-0.3, -0.25) is 4.79 Å². The SMILES string of the molecule is CCOc1nc(Cl)ncc1C(=O)NC(C)(C)C. The summed E-state index contributed by atoms with van der Waals surface area (Å²) in [6.45, 7) is 7.89. The molecule has 17 heavy (non-hydrogen) atoms. The zero-order valence-corrected chi connectivity index (χ0v) is 11.1. The first kappa shape index (κ1) is 13.7. The number of aromatic nitrogens is 2. The molecule has 0 bridgehead atoms. The monoisotopic (exact) mass is 257 g/mol. The van der Waals surface area contributed by atoms with Gasteiger partial charge in [0.1, 0.15) is 5.56 Å². The minimum Gasteiger partial charge on any atom is -0.477 e. The van der Waals surface area contributed by atoms with E-state index in [9.17, 15) is 4.79 Å². The standard InChI is InChI=1S/C11H16ClN3O2/c1-5-17-9-7(6-13-10(12)14-9)8(16)15-11(2,3)4/h6H,5H2,1-4H3,(H,15,16). The summed E-state index contributed by atoms with van der Waals surface area (Å²) >= 11 is 5.66. The fraction of sp³-hybridized carbons (Fsp3) is 0.545. The molecule has 94 valence electrons. The van der Waals surface area contributed by atoms with Crippen LogP contribution in [0.15, 0.2) is 6.20 Å². The number of nitrogens with zero attached hydrogens (tertiary/aromatic N) is 2. The largest absolute Gasteiger partial charge is 0.477 e. The van der Waals surface area contributed by atoms with E-state index in [1.54, 1.807) is 0 Å². The lowest BCUT2D eigenvalue weighted by Crippen LogP contribution is -2.40. The van der Waals surface area contributed by atoms with Crippen LogP contribution in [0.5, 0.6) is 5.88 Å². The topological polar surface area (TPSA) is 64.1 Å². The van der Waals surface area contributed by atoms with E-state index < -0.39 is 0 Å². The van der Waals surface area contributed by atoms with Crippen LogP contribution >= 0.6 is 11.6 Å². The van der Waals surface area contributed by atoms with Gasteiger partial charge in [0.25, 0.3) is 5.91 Å². The Balaban J connectivity index is 3.00. The van der Waals surface area contributed by atoms with Crippen molar-refractivity contribution in [2.75, 3.05) is 6.61 Å². The average Bonchev–Trinajstić information content (AvgIpc) is 2.15. The lowest BCUT2D eigenvalue weighted by atomic mass is 10.1. The molecule has 5 nitrogen and oxygen atoms in total. The molecular weight excluding hydrogens is 242 g/mol. The third-order valence-corrected chi connectivity index (χ3v) is 1.92. The summed E-state index contributed by atoms with van der Waals surface area (Å²) in [6.07, 6.45) is 1.36.